The Hall–Kier alpha value is -0.690. The van der Waals surface area contributed by atoms with Crippen LogP contribution in [0.5, 0.6) is 0 Å². The van der Waals surface area contributed by atoms with Gasteiger partial charge in [-0.1, -0.05) is 11.6 Å². The van der Waals surface area contributed by atoms with E-state index in [1.165, 1.54) is 10.4 Å². The predicted molar refractivity (Wildman–Crippen MR) is 67.7 cm³/mol. The van der Waals surface area contributed by atoms with Gasteiger partial charge in [-0.15, -0.1) is 0 Å². The van der Waals surface area contributed by atoms with Gasteiger partial charge < -0.3 is 5.32 Å². The molecule has 1 heterocycles. The first-order valence-electron chi connectivity index (χ1n) is 5.67. The molecule has 0 saturated carbocycles. The van der Waals surface area contributed by atoms with Gasteiger partial charge in [0.1, 0.15) is 5.82 Å². The second-order valence-electron chi connectivity index (χ2n) is 4.11. The van der Waals surface area contributed by atoms with Crippen LogP contribution < -0.4 is 5.32 Å². The number of hydrogen-bond acceptors (Lipinski definition) is 3. The molecule has 1 aliphatic heterocycles. The third-order valence-electron chi connectivity index (χ3n) is 2.77. The lowest BCUT2D eigenvalue weighted by molar-refractivity contribution is 0.431. The van der Waals surface area contributed by atoms with Crippen molar-refractivity contribution < 1.29 is 12.8 Å². The average molecular weight is 293 g/mol. The van der Waals surface area contributed by atoms with Crippen molar-refractivity contribution in [2.24, 2.45) is 0 Å². The number of nitrogens with zero attached hydrogens (tertiary/aromatic N) is 1. The molecule has 1 fully saturated rings. The van der Waals surface area contributed by atoms with Gasteiger partial charge in [0.25, 0.3) is 0 Å². The van der Waals surface area contributed by atoms with Crippen LogP contribution in [0, 0.1) is 5.82 Å². The van der Waals surface area contributed by atoms with E-state index >= 15 is 0 Å². The van der Waals surface area contributed by atoms with Gasteiger partial charge in [-0.3, -0.25) is 0 Å². The third kappa shape index (κ3) is 3.00. The molecule has 1 N–H and O–H groups in total. The first-order chi connectivity index (χ1) is 8.50. The maximum Gasteiger partial charge on any atom is 0.243 e. The van der Waals surface area contributed by atoms with Crippen LogP contribution in [0.15, 0.2) is 23.1 Å². The molecule has 18 heavy (non-hydrogen) atoms. The van der Waals surface area contributed by atoms with Gasteiger partial charge in [-0.05, 0) is 31.2 Å². The van der Waals surface area contributed by atoms with Crippen molar-refractivity contribution in [2.45, 2.75) is 11.3 Å². The summed E-state index contributed by atoms with van der Waals surface area (Å²) in [6, 6.07) is 3.36. The minimum Gasteiger partial charge on any atom is -0.315 e. The molecule has 0 spiro atoms. The molecule has 100 valence electrons. The molecular weight excluding hydrogens is 279 g/mol. The molecule has 1 saturated heterocycles. The van der Waals surface area contributed by atoms with E-state index in [4.69, 9.17) is 11.6 Å². The van der Waals surface area contributed by atoms with Gasteiger partial charge in [-0.25, -0.2) is 12.8 Å². The minimum absolute atomic E-state index is 0.0847. The summed E-state index contributed by atoms with van der Waals surface area (Å²) in [6.45, 7) is 2.21. The number of halogens is 2. The maximum absolute atomic E-state index is 13.2. The van der Waals surface area contributed by atoms with Crippen molar-refractivity contribution in [3.8, 4) is 0 Å². The fourth-order valence-electron chi connectivity index (χ4n) is 1.89. The Labute approximate surface area is 111 Å². The first kappa shape index (κ1) is 13.7. The van der Waals surface area contributed by atoms with E-state index in [9.17, 15) is 12.8 Å². The molecule has 1 aromatic rings. The number of sulfonamides is 1. The summed E-state index contributed by atoms with van der Waals surface area (Å²) < 4.78 is 39.2. The van der Waals surface area contributed by atoms with E-state index in [0.29, 0.717) is 19.6 Å². The van der Waals surface area contributed by atoms with Crippen LogP contribution in [0.25, 0.3) is 0 Å². The molecule has 2 rings (SSSR count). The quantitative estimate of drug-likeness (QED) is 0.898. The number of nitrogens with one attached hydrogen (secondary N) is 1. The molecule has 0 aromatic heterocycles. The summed E-state index contributed by atoms with van der Waals surface area (Å²) in [4.78, 5) is -0.0885. The van der Waals surface area contributed by atoms with Crippen LogP contribution in [-0.2, 0) is 10.0 Å². The summed E-state index contributed by atoms with van der Waals surface area (Å²) in [5.41, 5.74) is 0. The zero-order valence-electron chi connectivity index (χ0n) is 9.70. The molecule has 1 aliphatic rings. The Morgan fingerprint density at radius 2 is 2.00 bits per heavy atom. The summed E-state index contributed by atoms with van der Waals surface area (Å²) >= 11 is 5.69. The Morgan fingerprint density at radius 1 is 1.22 bits per heavy atom. The fraction of sp³-hybridized carbons (Fsp3) is 0.455. The second kappa shape index (κ2) is 5.52. The van der Waals surface area contributed by atoms with Gasteiger partial charge in [0.2, 0.25) is 10.0 Å². The summed E-state index contributed by atoms with van der Waals surface area (Å²) in [7, 11) is -3.66. The van der Waals surface area contributed by atoms with E-state index in [2.05, 4.69) is 5.32 Å². The second-order valence-corrected chi connectivity index (χ2v) is 6.49. The van der Waals surface area contributed by atoms with E-state index in [1.807, 2.05) is 0 Å². The highest BCUT2D eigenvalue weighted by atomic mass is 35.5. The minimum atomic E-state index is -3.66. The van der Waals surface area contributed by atoms with E-state index in [-0.39, 0.29) is 9.92 Å². The Bertz CT molecular complexity index is 508. The molecule has 0 radical (unpaired) electrons. The van der Waals surface area contributed by atoms with Gasteiger partial charge >= 0.3 is 0 Å². The molecule has 0 unspecified atom stereocenters. The standard InChI is InChI=1S/C11H14ClFN2O2S/c12-9-6-10(13)8-11(7-9)18(16,17)15-4-1-2-14-3-5-15/h6-8,14H,1-5H2. The predicted octanol–water partition coefficient (Wildman–Crippen LogP) is 1.46. The highest BCUT2D eigenvalue weighted by Gasteiger charge is 2.25. The van der Waals surface area contributed by atoms with Crippen molar-refractivity contribution in [3.63, 3.8) is 0 Å². The molecule has 7 heteroatoms. The molecular formula is C11H14ClFN2O2S. The Balaban J connectivity index is 2.34. The first-order valence-corrected chi connectivity index (χ1v) is 7.49. The lowest BCUT2D eigenvalue weighted by Gasteiger charge is -2.19. The van der Waals surface area contributed by atoms with Gasteiger partial charge in [0.05, 0.1) is 4.90 Å². The van der Waals surface area contributed by atoms with Crippen LogP contribution in [-0.4, -0.2) is 38.9 Å². The van der Waals surface area contributed by atoms with Gasteiger partial charge in [0.15, 0.2) is 0 Å². The topological polar surface area (TPSA) is 49.4 Å². The molecule has 0 aliphatic carbocycles. The van der Waals surface area contributed by atoms with Crippen molar-refractivity contribution in [2.75, 3.05) is 26.2 Å². The van der Waals surface area contributed by atoms with Crippen molar-refractivity contribution in [1.29, 1.82) is 0 Å². The average Bonchev–Trinajstić information content (AvgIpc) is 2.56. The summed E-state index contributed by atoms with van der Waals surface area (Å²) in [5, 5.41) is 3.20. The van der Waals surface area contributed by atoms with Crippen molar-refractivity contribution in [3.05, 3.63) is 29.0 Å². The highest BCUT2D eigenvalue weighted by molar-refractivity contribution is 7.89. The van der Waals surface area contributed by atoms with Gasteiger partial charge in [-0.2, -0.15) is 4.31 Å². The Morgan fingerprint density at radius 3 is 2.72 bits per heavy atom. The summed E-state index contributed by atoms with van der Waals surface area (Å²) in [5.74, 6) is -0.644. The van der Waals surface area contributed by atoms with E-state index in [0.717, 1.165) is 25.1 Å². The van der Waals surface area contributed by atoms with Gasteiger partial charge in [0, 0.05) is 24.7 Å². The molecule has 0 atom stereocenters. The monoisotopic (exact) mass is 292 g/mol. The lowest BCUT2D eigenvalue weighted by Crippen LogP contribution is -2.34. The Kier molecular flexibility index (Phi) is 4.21. The molecule has 4 nitrogen and oxygen atoms in total. The normalized spacial score (nSPS) is 18.6. The molecule has 0 amide bonds. The number of hydrogen-bond donors (Lipinski definition) is 1. The van der Waals surface area contributed by atoms with Crippen molar-refractivity contribution >= 4 is 21.6 Å². The number of rotatable bonds is 2. The molecule has 0 bridgehead atoms. The largest absolute Gasteiger partial charge is 0.315 e. The zero-order chi connectivity index (χ0) is 13.2. The lowest BCUT2D eigenvalue weighted by atomic mass is 10.3. The summed E-state index contributed by atoms with van der Waals surface area (Å²) in [6.07, 6.45) is 0.738. The van der Waals surface area contributed by atoms with Crippen LogP contribution in [0.2, 0.25) is 5.02 Å². The maximum atomic E-state index is 13.2. The number of benzene rings is 1. The van der Waals surface area contributed by atoms with Crippen molar-refractivity contribution in [1.82, 2.24) is 9.62 Å². The smallest absolute Gasteiger partial charge is 0.243 e. The van der Waals surface area contributed by atoms with E-state index in [1.54, 1.807) is 0 Å². The fourth-order valence-corrected chi connectivity index (χ4v) is 3.71. The van der Waals surface area contributed by atoms with Crippen LogP contribution in [0.1, 0.15) is 6.42 Å². The van der Waals surface area contributed by atoms with Crippen LogP contribution >= 0.6 is 11.6 Å². The van der Waals surface area contributed by atoms with Crippen LogP contribution in [0.3, 0.4) is 0 Å². The molecule has 1 aromatic carbocycles. The highest BCUT2D eigenvalue weighted by Crippen LogP contribution is 2.22. The SMILES string of the molecule is O=S(=O)(c1cc(F)cc(Cl)c1)N1CCCNCC1. The van der Waals surface area contributed by atoms with Crippen LogP contribution in [0.4, 0.5) is 4.39 Å². The zero-order valence-corrected chi connectivity index (χ0v) is 11.3. The third-order valence-corrected chi connectivity index (χ3v) is 4.87. The van der Waals surface area contributed by atoms with E-state index < -0.39 is 15.8 Å².